The van der Waals surface area contributed by atoms with Crippen molar-refractivity contribution in [2.24, 2.45) is 0 Å². The molecule has 1 aromatic carbocycles. The number of nitrogens with one attached hydrogen (secondary N) is 2. The first kappa shape index (κ1) is 17.8. The summed E-state index contributed by atoms with van der Waals surface area (Å²) in [5.41, 5.74) is 0.853. The highest BCUT2D eigenvalue weighted by atomic mass is 35.5. The largest absolute Gasteiger partial charge is 0.387 e. The van der Waals surface area contributed by atoms with Crippen molar-refractivity contribution in [2.75, 3.05) is 13.1 Å². The van der Waals surface area contributed by atoms with Crippen LogP contribution in [0.5, 0.6) is 0 Å². The minimum absolute atomic E-state index is 0.0819. The van der Waals surface area contributed by atoms with Crippen molar-refractivity contribution in [1.82, 2.24) is 20.6 Å². The van der Waals surface area contributed by atoms with E-state index in [9.17, 15) is 14.7 Å². The number of aliphatic hydroxyl groups excluding tert-OH is 1. The fraction of sp³-hybridized carbons (Fsp3) is 0.250. The lowest BCUT2D eigenvalue weighted by Gasteiger charge is -2.12. The van der Waals surface area contributed by atoms with Gasteiger partial charge in [-0.15, -0.1) is 0 Å². The number of nitrogens with zero attached hydrogens (tertiary/aromatic N) is 2. The average Bonchev–Trinajstić information content (AvgIpc) is 2.61. The number of rotatable bonds is 7. The molecule has 0 spiro atoms. The Morgan fingerprint density at radius 2 is 1.92 bits per heavy atom. The summed E-state index contributed by atoms with van der Waals surface area (Å²) in [7, 11) is 0. The van der Waals surface area contributed by atoms with Crippen molar-refractivity contribution >= 4 is 23.4 Å². The molecule has 2 rings (SSSR count). The zero-order valence-electron chi connectivity index (χ0n) is 12.8. The van der Waals surface area contributed by atoms with E-state index in [1.54, 1.807) is 24.3 Å². The van der Waals surface area contributed by atoms with E-state index in [1.807, 2.05) is 0 Å². The lowest BCUT2D eigenvalue weighted by atomic mass is 10.1. The molecule has 126 valence electrons. The van der Waals surface area contributed by atoms with Gasteiger partial charge in [0.25, 0.3) is 5.91 Å². The van der Waals surface area contributed by atoms with Crippen LogP contribution in [0.15, 0.2) is 42.9 Å². The second kappa shape index (κ2) is 8.95. The van der Waals surface area contributed by atoms with Gasteiger partial charge in [-0.3, -0.25) is 14.6 Å². The third kappa shape index (κ3) is 5.60. The van der Waals surface area contributed by atoms with Crippen LogP contribution in [-0.4, -0.2) is 40.0 Å². The van der Waals surface area contributed by atoms with Crippen LogP contribution in [0.4, 0.5) is 0 Å². The maximum absolute atomic E-state index is 11.7. The van der Waals surface area contributed by atoms with Crippen molar-refractivity contribution in [1.29, 1.82) is 0 Å². The molecule has 1 atom stereocenters. The summed E-state index contributed by atoms with van der Waals surface area (Å²) >= 11 is 5.78. The van der Waals surface area contributed by atoms with Crippen LogP contribution in [0, 0.1) is 0 Å². The van der Waals surface area contributed by atoms with Crippen LogP contribution in [0.1, 0.15) is 28.6 Å². The van der Waals surface area contributed by atoms with E-state index in [4.69, 9.17) is 11.6 Å². The smallest absolute Gasteiger partial charge is 0.271 e. The molecule has 1 heterocycles. The van der Waals surface area contributed by atoms with E-state index in [-0.39, 0.29) is 31.1 Å². The Hall–Kier alpha value is -2.51. The normalized spacial score (nSPS) is 11.6. The SMILES string of the molecule is O=C(CCNC(=O)c1cnccn1)NC[C@@H](O)c1ccc(Cl)cc1. The fourth-order valence-electron chi connectivity index (χ4n) is 1.90. The minimum atomic E-state index is -0.819. The van der Waals surface area contributed by atoms with Gasteiger partial charge in [-0.1, -0.05) is 23.7 Å². The average molecular weight is 349 g/mol. The lowest BCUT2D eigenvalue weighted by molar-refractivity contribution is -0.121. The van der Waals surface area contributed by atoms with E-state index in [1.165, 1.54) is 18.6 Å². The third-order valence-corrected chi connectivity index (χ3v) is 3.43. The summed E-state index contributed by atoms with van der Waals surface area (Å²) in [5, 5.41) is 15.7. The topological polar surface area (TPSA) is 104 Å². The Balaban J connectivity index is 1.68. The van der Waals surface area contributed by atoms with Crippen molar-refractivity contribution in [3.05, 3.63) is 59.1 Å². The second-order valence-corrected chi connectivity index (χ2v) is 5.40. The highest BCUT2D eigenvalue weighted by Crippen LogP contribution is 2.15. The Morgan fingerprint density at radius 3 is 2.58 bits per heavy atom. The van der Waals surface area contributed by atoms with Gasteiger partial charge in [-0.05, 0) is 17.7 Å². The molecular formula is C16H17ClN4O3. The number of amides is 2. The molecular weight excluding hydrogens is 332 g/mol. The standard InChI is InChI=1S/C16H17ClN4O3/c17-12-3-1-11(2-4-12)14(22)10-21-15(23)5-6-20-16(24)13-9-18-7-8-19-13/h1-4,7-9,14,22H,5-6,10H2,(H,20,24)(H,21,23)/t14-/m1/s1. The van der Waals surface area contributed by atoms with Crippen LogP contribution in [-0.2, 0) is 4.79 Å². The van der Waals surface area contributed by atoms with Crippen molar-refractivity contribution in [3.63, 3.8) is 0 Å². The molecule has 0 aliphatic rings. The van der Waals surface area contributed by atoms with E-state index >= 15 is 0 Å². The molecule has 0 fully saturated rings. The Bertz CT molecular complexity index is 679. The van der Waals surface area contributed by atoms with Gasteiger partial charge in [0, 0.05) is 36.9 Å². The summed E-state index contributed by atoms with van der Waals surface area (Å²) in [6, 6.07) is 6.73. The van der Waals surface area contributed by atoms with Gasteiger partial charge in [0.15, 0.2) is 0 Å². The molecule has 0 aliphatic heterocycles. The lowest BCUT2D eigenvalue weighted by Crippen LogP contribution is -2.33. The van der Waals surface area contributed by atoms with Crippen LogP contribution >= 0.6 is 11.6 Å². The Kier molecular flexibility index (Phi) is 6.65. The molecule has 0 bridgehead atoms. The van der Waals surface area contributed by atoms with Crippen molar-refractivity contribution in [3.8, 4) is 0 Å². The summed E-state index contributed by atoms with van der Waals surface area (Å²) in [5.74, 6) is -0.667. The molecule has 0 aliphatic carbocycles. The van der Waals surface area contributed by atoms with Crippen LogP contribution in [0.25, 0.3) is 0 Å². The zero-order valence-corrected chi connectivity index (χ0v) is 13.5. The number of aromatic nitrogens is 2. The van der Waals surface area contributed by atoms with Gasteiger partial charge in [-0.25, -0.2) is 4.98 Å². The van der Waals surface area contributed by atoms with E-state index in [0.717, 1.165) is 0 Å². The third-order valence-electron chi connectivity index (χ3n) is 3.18. The molecule has 2 amide bonds. The van der Waals surface area contributed by atoms with E-state index < -0.39 is 12.0 Å². The predicted molar refractivity (Wildman–Crippen MR) is 88.4 cm³/mol. The molecule has 0 unspecified atom stereocenters. The first-order valence-corrected chi connectivity index (χ1v) is 7.68. The Labute approximate surface area is 144 Å². The van der Waals surface area contributed by atoms with E-state index in [0.29, 0.717) is 10.6 Å². The molecule has 1 aromatic heterocycles. The number of hydrogen-bond acceptors (Lipinski definition) is 5. The minimum Gasteiger partial charge on any atom is -0.387 e. The number of carbonyl (C=O) groups excluding carboxylic acids is 2. The van der Waals surface area contributed by atoms with Crippen molar-refractivity contribution in [2.45, 2.75) is 12.5 Å². The fourth-order valence-corrected chi connectivity index (χ4v) is 2.02. The van der Waals surface area contributed by atoms with Gasteiger partial charge in [0.1, 0.15) is 5.69 Å². The highest BCUT2D eigenvalue weighted by molar-refractivity contribution is 6.30. The maximum Gasteiger partial charge on any atom is 0.271 e. The van der Waals surface area contributed by atoms with E-state index in [2.05, 4.69) is 20.6 Å². The first-order valence-electron chi connectivity index (χ1n) is 7.30. The number of hydrogen-bond donors (Lipinski definition) is 3. The van der Waals surface area contributed by atoms with Gasteiger partial charge < -0.3 is 15.7 Å². The summed E-state index contributed by atoms with van der Waals surface area (Å²) in [6.07, 6.45) is 3.51. The summed E-state index contributed by atoms with van der Waals surface area (Å²) in [6.45, 7) is 0.247. The molecule has 3 N–H and O–H groups in total. The molecule has 2 aromatic rings. The molecule has 0 radical (unpaired) electrons. The van der Waals surface area contributed by atoms with Gasteiger partial charge in [-0.2, -0.15) is 0 Å². The van der Waals surface area contributed by atoms with Crippen LogP contribution < -0.4 is 10.6 Å². The first-order chi connectivity index (χ1) is 11.6. The molecule has 8 heteroatoms. The number of halogens is 1. The van der Waals surface area contributed by atoms with Crippen LogP contribution in [0.3, 0.4) is 0 Å². The number of carbonyl (C=O) groups is 2. The van der Waals surface area contributed by atoms with Gasteiger partial charge in [0.2, 0.25) is 5.91 Å². The maximum atomic E-state index is 11.7. The van der Waals surface area contributed by atoms with Gasteiger partial charge in [0.05, 0.1) is 12.3 Å². The highest BCUT2D eigenvalue weighted by Gasteiger charge is 2.11. The second-order valence-electron chi connectivity index (χ2n) is 4.97. The summed E-state index contributed by atoms with van der Waals surface area (Å²) in [4.78, 5) is 31.1. The molecule has 24 heavy (non-hydrogen) atoms. The summed E-state index contributed by atoms with van der Waals surface area (Å²) < 4.78 is 0. The molecule has 0 saturated carbocycles. The molecule has 7 nitrogen and oxygen atoms in total. The quantitative estimate of drug-likeness (QED) is 0.695. The van der Waals surface area contributed by atoms with Gasteiger partial charge >= 0.3 is 0 Å². The monoisotopic (exact) mass is 348 g/mol. The number of aliphatic hydroxyl groups is 1. The predicted octanol–water partition coefficient (Wildman–Crippen LogP) is 1.10. The van der Waals surface area contributed by atoms with Crippen LogP contribution in [0.2, 0.25) is 5.02 Å². The number of benzene rings is 1. The molecule has 0 saturated heterocycles. The van der Waals surface area contributed by atoms with Crippen molar-refractivity contribution < 1.29 is 14.7 Å². The zero-order chi connectivity index (χ0) is 17.4. The Morgan fingerprint density at radius 1 is 1.17 bits per heavy atom.